The first-order valence-corrected chi connectivity index (χ1v) is 5.87. The van der Waals surface area contributed by atoms with Crippen LogP contribution in [0.1, 0.15) is 12.6 Å². The van der Waals surface area contributed by atoms with E-state index in [0.29, 0.717) is 6.04 Å². The van der Waals surface area contributed by atoms with Crippen molar-refractivity contribution in [2.75, 3.05) is 32.8 Å². The SMILES string of the molecule is CC(CNCc1ccn[nH]1)N1CCOCC1. The Morgan fingerprint density at radius 2 is 2.38 bits per heavy atom. The number of rotatable bonds is 5. The molecule has 2 heterocycles. The molecule has 2 rings (SSSR count). The molecule has 1 fully saturated rings. The van der Waals surface area contributed by atoms with Crippen molar-refractivity contribution in [3.05, 3.63) is 18.0 Å². The number of ether oxygens (including phenoxy) is 1. The molecule has 1 aliphatic rings. The molecule has 0 amide bonds. The molecule has 0 saturated carbocycles. The lowest BCUT2D eigenvalue weighted by atomic mass is 10.2. The Hall–Kier alpha value is -0.910. The average Bonchev–Trinajstić information content (AvgIpc) is 2.83. The maximum Gasteiger partial charge on any atom is 0.0594 e. The summed E-state index contributed by atoms with van der Waals surface area (Å²) >= 11 is 0. The van der Waals surface area contributed by atoms with Crippen LogP contribution in [0.2, 0.25) is 0 Å². The first kappa shape index (κ1) is 11.6. The molecular weight excluding hydrogens is 204 g/mol. The van der Waals surface area contributed by atoms with E-state index in [9.17, 15) is 0 Å². The monoisotopic (exact) mass is 224 g/mol. The highest BCUT2D eigenvalue weighted by atomic mass is 16.5. The number of hydrogen-bond donors (Lipinski definition) is 2. The lowest BCUT2D eigenvalue weighted by Gasteiger charge is -2.32. The number of nitrogens with zero attached hydrogens (tertiary/aromatic N) is 2. The number of morpholine rings is 1. The van der Waals surface area contributed by atoms with Gasteiger partial charge in [-0.05, 0) is 13.0 Å². The Balaban J connectivity index is 1.65. The smallest absolute Gasteiger partial charge is 0.0594 e. The highest BCUT2D eigenvalue weighted by Crippen LogP contribution is 2.02. The Kier molecular flexibility index (Phi) is 4.33. The van der Waals surface area contributed by atoms with Gasteiger partial charge in [0.25, 0.3) is 0 Å². The van der Waals surface area contributed by atoms with Crippen molar-refractivity contribution in [2.45, 2.75) is 19.5 Å². The van der Waals surface area contributed by atoms with Crippen molar-refractivity contribution in [3.63, 3.8) is 0 Å². The van der Waals surface area contributed by atoms with E-state index in [2.05, 4.69) is 27.3 Å². The van der Waals surface area contributed by atoms with Crippen molar-refractivity contribution in [2.24, 2.45) is 0 Å². The molecule has 0 aromatic carbocycles. The molecule has 16 heavy (non-hydrogen) atoms. The third-order valence-corrected chi connectivity index (χ3v) is 2.98. The van der Waals surface area contributed by atoms with Crippen LogP contribution in [0.25, 0.3) is 0 Å². The fourth-order valence-electron chi connectivity index (χ4n) is 1.95. The molecule has 1 aromatic heterocycles. The number of nitrogens with one attached hydrogen (secondary N) is 2. The van der Waals surface area contributed by atoms with Crippen LogP contribution in [-0.2, 0) is 11.3 Å². The molecule has 5 heteroatoms. The van der Waals surface area contributed by atoms with E-state index in [1.807, 2.05) is 6.07 Å². The molecule has 1 aliphatic heterocycles. The zero-order valence-corrected chi connectivity index (χ0v) is 9.78. The summed E-state index contributed by atoms with van der Waals surface area (Å²) in [6.45, 7) is 7.94. The Morgan fingerprint density at radius 3 is 3.06 bits per heavy atom. The summed E-state index contributed by atoms with van der Waals surface area (Å²) < 4.78 is 5.34. The predicted octanol–water partition coefficient (Wildman–Crippen LogP) is 0.220. The summed E-state index contributed by atoms with van der Waals surface area (Å²) in [7, 11) is 0. The van der Waals surface area contributed by atoms with Crippen LogP contribution >= 0.6 is 0 Å². The van der Waals surface area contributed by atoms with Gasteiger partial charge in [0.2, 0.25) is 0 Å². The van der Waals surface area contributed by atoms with E-state index >= 15 is 0 Å². The van der Waals surface area contributed by atoms with Gasteiger partial charge >= 0.3 is 0 Å². The standard InChI is InChI=1S/C11H20N4O/c1-10(15-4-6-16-7-5-15)8-12-9-11-2-3-13-14-11/h2-3,10,12H,4-9H2,1H3,(H,13,14). The third-order valence-electron chi connectivity index (χ3n) is 2.98. The van der Waals surface area contributed by atoms with Crippen LogP contribution in [0.3, 0.4) is 0 Å². The van der Waals surface area contributed by atoms with E-state index in [4.69, 9.17) is 4.74 Å². The van der Waals surface area contributed by atoms with E-state index in [1.165, 1.54) is 0 Å². The number of H-pyrrole nitrogens is 1. The molecular formula is C11H20N4O. The molecule has 5 nitrogen and oxygen atoms in total. The number of aromatic nitrogens is 2. The summed E-state index contributed by atoms with van der Waals surface area (Å²) in [5.74, 6) is 0. The maximum atomic E-state index is 5.34. The van der Waals surface area contributed by atoms with Gasteiger partial charge in [0.05, 0.1) is 13.2 Å². The first-order chi connectivity index (χ1) is 7.86. The fraction of sp³-hybridized carbons (Fsp3) is 0.727. The average molecular weight is 224 g/mol. The molecule has 0 spiro atoms. The maximum absolute atomic E-state index is 5.34. The Bertz CT molecular complexity index is 282. The Labute approximate surface area is 96.2 Å². The van der Waals surface area contributed by atoms with E-state index in [1.54, 1.807) is 6.20 Å². The van der Waals surface area contributed by atoms with Gasteiger partial charge in [-0.1, -0.05) is 0 Å². The zero-order chi connectivity index (χ0) is 11.2. The van der Waals surface area contributed by atoms with Gasteiger partial charge < -0.3 is 10.1 Å². The second-order valence-electron chi connectivity index (χ2n) is 4.21. The third kappa shape index (κ3) is 3.30. The minimum Gasteiger partial charge on any atom is -0.379 e. The topological polar surface area (TPSA) is 53.2 Å². The second-order valence-corrected chi connectivity index (χ2v) is 4.21. The molecule has 1 atom stereocenters. The summed E-state index contributed by atoms with van der Waals surface area (Å²) in [5, 5.41) is 10.3. The fourth-order valence-corrected chi connectivity index (χ4v) is 1.95. The van der Waals surface area contributed by atoms with Crippen molar-refractivity contribution >= 4 is 0 Å². The molecule has 0 aliphatic carbocycles. The van der Waals surface area contributed by atoms with Crippen LogP contribution in [0, 0.1) is 0 Å². The summed E-state index contributed by atoms with van der Waals surface area (Å²) in [4.78, 5) is 2.46. The lowest BCUT2D eigenvalue weighted by molar-refractivity contribution is 0.0203. The summed E-state index contributed by atoms with van der Waals surface area (Å²) in [5.41, 5.74) is 1.13. The minimum absolute atomic E-state index is 0.562. The van der Waals surface area contributed by atoms with Crippen LogP contribution < -0.4 is 5.32 Å². The zero-order valence-electron chi connectivity index (χ0n) is 9.78. The number of aromatic amines is 1. The normalized spacial score (nSPS) is 19.8. The molecule has 0 bridgehead atoms. The Morgan fingerprint density at radius 1 is 1.56 bits per heavy atom. The van der Waals surface area contributed by atoms with Crippen molar-refractivity contribution in [1.29, 1.82) is 0 Å². The van der Waals surface area contributed by atoms with Gasteiger partial charge in [0, 0.05) is 44.1 Å². The quantitative estimate of drug-likeness (QED) is 0.751. The van der Waals surface area contributed by atoms with Crippen molar-refractivity contribution in [3.8, 4) is 0 Å². The second kappa shape index (κ2) is 5.98. The summed E-state index contributed by atoms with van der Waals surface area (Å²) in [6, 6.07) is 2.55. The molecule has 1 aromatic rings. The van der Waals surface area contributed by atoms with Crippen LogP contribution in [0.4, 0.5) is 0 Å². The van der Waals surface area contributed by atoms with Gasteiger partial charge in [-0.25, -0.2) is 0 Å². The number of hydrogen-bond acceptors (Lipinski definition) is 4. The van der Waals surface area contributed by atoms with E-state index in [-0.39, 0.29) is 0 Å². The minimum atomic E-state index is 0.562. The van der Waals surface area contributed by atoms with Crippen LogP contribution in [-0.4, -0.2) is 54.0 Å². The van der Waals surface area contributed by atoms with Gasteiger partial charge in [0.1, 0.15) is 0 Å². The van der Waals surface area contributed by atoms with Crippen molar-refractivity contribution < 1.29 is 4.74 Å². The van der Waals surface area contributed by atoms with E-state index in [0.717, 1.165) is 45.1 Å². The highest BCUT2D eigenvalue weighted by Gasteiger charge is 2.16. The van der Waals surface area contributed by atoms with Crippen LogP contribution in [0.15, 0.2) is 12.3 Å². The van der Waals surface area contributed by atoms with Crippen LogP contribution in [0.5, 0.6) is 0 Å². The molecule has 1 unspecified atom stereocenters. The largest absolute Gasteiger partial charge is 0.379 e. The van der Waals surface area contributed by atoms with Crippen molar-refractivity contribution in [1.82, 2.24) is 20.4 Å². The molecule has 0 radical (unpaired) electrons. The van der Waals surface area contributed by atoms with Gasteiger partial charge in [-0.3, -0.25) is 10.00 Å². The van der Waals surface area contributed by atoms with Gasteiger partial charge in [-0.2, -0.15) is 5.10 Å². The van der Waals surface area contributed by atoms with E-state index < -0.39 is 0 Å². The molecule has 90 valence electrons. The highest BCUT2D eigenvalue weighted by molar-refractivity contribution is 4.96. The lowest BCUT2D eigenvalue weighted by Crippen LogP contribution is -2.46. The van der Waals surface area contributed by atoms with Gasteiger partial charge in [0.15, 0.2) is 0 Å². The first-order valence-electron chi connectivity index (χ1n) is 5.87. The summed E-state index contributed by atoms with van der Waals surface area (Å²) in [6.07, 6.45) is 1.78. The predicted molar refractivity (Wildman–Crippen MR) is 62.1 cm³/mol. The molecule has 1 saturated heterocycles. The molecule has 2 N–H and O–H groups in total. The van der Waals surface area contributed by atoms with Gasteiger partial charge in [-0.15, -0.1) is 0 Å².